The molecule has 1 spiro atoms. The number of rotatable bonds is 6. The first-order chi connectivity index (χ1) is 18.7. The lowest BCUT2D eigenvalue weighted by Crippen LogP contribution is -2.64. The lowest BCUT2D eigenvalue weighted by molar-refractivity contribution is -0.124. The van der Waals surface area contributed by atoms with Gasteiger partial charge in [0.1, 0.15) is 16.1 Å². The van der Waals surface area contributed by atoms with E-state index >= 15 is 0 Å². The molecule has 0 atom stereocenters. The molecule has 204 valence electrons. The third-order valence-corrected chi connectivity index (χ3v) is 9.14. The van der Waals surface area contributed by atoms with Gasteiger partial charge in [0.15, 0.2) is 0 Å². The lowest BCUT2D eigenvalue weighted by atomic mass is 9.75. The molecule has 0 bridgehead atoms. The molecule has 4 heterocycles. The molecule has 3 aromatic rings. The third kappa shape index (κ3) is 4.65. The van der Waals surface area contributed by atoms with Crippen LogP contribution in [0, 0.1) is 12.8 Å². The molecule has 2 fully saturated rings. The van der Waals surface area contributed by atoms with E-state index in [9.17, 15) is 18.4 Å². The molecular formula is C27H27ClF2N6O2S. The second-order valence-electron chi connectivity index (χ2n) is 10.6. The van der Waals surface area contributed by atoms with E-state index in [-0.39, 0.29) is 28.5 Å². The van der Waals surface area contributed by atoms with Crippen molar-refractivity contribution < 1.29 is 18.4 Å². The van der Waals surface area contributed by atoms with Crippen molar-refractivity contribution >= 4 is 45.6 Å². The number of para-hydroxylation sites is 1. The van der Waals surface area contributed by atoms with E-state index in [4.69, 9.17) is 11.6 Å². The first-order valence-electron chi connectivity index (χ1n) is 13.0. The van der Waals surface area contributed by atoms with Crippen molar-refractivity contribution in [1.82, 2.24) is 20.5 Å². The zero-order chi connectivity index (χ0) is 27.3. The number of aryl methyl sites for hydroxylation is 1. The summed E-state index contributed by atoms with van der Waals surface area (Å²) in [6.07, 6.45) is 1.28. The van der Waals surface area contributed by atoms with E-state index in [2.05, 4.69) is 31.5 Å². The van der Waals surface area contributed by atoms with Crippen molar-refractivity contribution in [3.63, 3.8) is 0 Å². The van der Waals surface area contributed by atoms with Crippen molar-refractivity contribution in [3.05, 3.63) is 63.4 Å². The minimum absolute atomic E-state index is 0.129. The van der Waals surface area contributed by atoms with Gasteiger partial charge in [0, 0.05) is 37.6 Å². The first kappa shape index (κ1) is 26.1. The van der Waals surface area contributed by atoms with Crippen LogP contribution in [0.1, 0.15) is 58.7 Å². The molecule has 2 amide bonds. The quantitative estimate of drug-likeness (QED) is 0.451. The van der Waals surface area contributed by atoms with Gasteiger partial charge in [-0.25, -0.2) is 8.78 Å². The number of amides is 2. The highest BCUT2D eigenvalue weighted by molar-refractivity contribution is 7.15. The predicted molar refractivity (Wildman–Crippen MR) is 145 cm³/mol. The van der Waals surface area contributed by atoms with Gasteiger partial charge >= 0.3 is 0 Å². The minimum Gasteiger partial charge on any atom is -0.349 e. The van der Waals surface area contributed by atoms with Crippen molar-refractivity contribution in [2.45, 2.75) is 50.5 Å². The predicted octanol–water partition coefficient (Wildman–Crippen LogP) is 4.93. The summed E-state index contributed by atoms with van der Waals surface area (Å²) in [4.78, 5) is 34.3. The number of halogens is 3. The first-order valence-corrected chi connectivity index (χ1v) is 14.2. The summed E-state index contributed by atoms with van der Waals surface area (Å²) in [6, 6.07) is 9.12. The number of pyridine rings is 1. The van der Waals surface area contributed by atoms with Crippen LogP contribution in [0.25, 0.3) is 0 Å². The molecule has 1 aliphatic carbocycles. The van der Waals surface area contributed by atoms with Crippen LogP contribution in [0.3, 0.4) is 0 Å². The molecule has 1 N–H and O–H groups in total. The molecule has 8 nitrogen and oxygen atoms in total. The second-order valence-corrected chi connectivity index (χ2v) is 12.1. The highest BCUT2D eigenvalue weighted by Gasteiger charge is 2.58. The maximum Gasteiger partial charge on any atom is 0.281 e. The molecule has 6 rings (SSSR count). The Morgan fingerprint density at radius 2 is 1.95 bits per heavy atom. The van der Waals surface area contributed by atoms with Crippen LogP contribution >= 0.6 is 22.9 Å². The molecule has 1 saturated carbocycles. The van der Waals surface area contributed by atoms with E-state index in [0.717, 1.165) is 40.4 Å². The van der Waals surface area contributed by atoms with Gasteiger partial charge in [0.05, 0.1) is 10.6 Å². The third-order valence-electron chi connectivity index (χ3n) is 8.03. The minimum atomic E-state index is -2.87. The Kier molecular flexibility index (Phi) is 6.74. The Morgan fingerprint density at radius 1 is 1.21 bits per heavy atom. The van der Waals surface area contributed by atoms with Gasteiger partial charge in [0.2, 0.25) is 11.0 Å². The van der Waals surface area contributed by atoms with E-state index in [1.807, 2.05) is 30.0 Å². The fourth-order valence-corrected chi connectivity index (χ4v) is 6.90. The molecule has 0 radical (unpaired) electrons. The van der Waals surface area contributed by atoms with Gasteiger partial charge in [-0.1, -0.05) is 41.1 Å². The molecule has 1 aromatic carbocycles. The standard InChI is InChI=1S/C27H27ClF2N6O2S/c1-15-33-34-26(39-15)35-13-27(14-35)20-4-2-3-5-21(20)36(25(27)38)12-16-6-8-18(9-7-16)32-24(37)19-10-17(28)11-31-22(19)23(29)30/h2-5,10-11,16,18,23H,6-9,12-14H2,1H3,(H,32,37). The molecule has 2 aromatic heterocycles. The Balaban J connectivity index is 1.09. The van der Waals surface area contributed by atoms with Crippen molar-refractivity contribution in [3.8, 4) is 0 Å². The highest BCUT2D eigenvalue weighted by Crippen LogP contribution is 2.49. The maximum atomic E-state index is 13.8. The number of hydrogen-bond donors (Lipinski definition) is 1. The van der Waals surface area contributed by atoms with Gasteiger partial charge in [-0.3, -0.25) is 14.6 Å². The Hall–Kier alpha value is -3.18. The number of aromatic nitrogens is 3. The molecular weight excluding hydrogens is 546 g/mol. The molecule has 0 unspecified atom stereocenters. The number of carbonyl (C=O) groups is 2. The molecule has 2 aliphatic heterocycles. The average molecular weight is 573 g/mol. The summed E-state index contributed by atoms with van der Waals surface area (Å²) in [6.45, 7) is 3.71. The van der Waals surface area contributed by atoms with Crippen LogP contribution in [0.15, 0.2) is 36.5 Å². The number of nitrogens with one attached hydrogen (secondary N) is 1. The van der Waals surface area contributed by atoms with Crippen molar-refractivity contribution in [2.75, 3.05) is 29.4 Å². The van der Waals surface area contributed by atoms with Gasteiger partial charge in [0.25, 0.3) is 12.3 Å². The number of hydrogen-bond acceptors (Lipinski definition) is 7. The number of carbonyl (C=O) groups excluding carboxylic acids is 2. The maximum absolute atomic E-state index is 13.8. The molecule has 12 heteroatoms. The Labute approximate surface area is 233 Å². The summed E-state index contributed by atoms with van der Waals surface area (Å²) >= 11 is 7.44. The summed E-state index contributed by atoms with van der Waals surface area (Å²) in [7, 11) is 0. The zero-order valence-corrected chi connectivity index (χ0v) is 22.8. The Bertz CT molecular complexity index is 1420. The lowest BCUT2D eigenvalue weighted by Gasteiger charge is -2.46. The largest absolute Gasteiger partial charge is 0.349 e. The number of fused-ring (bicyclic) bond motifs is 2. The van der Waals surface area contributed by atoms with Crippen LogP contribution in [-0.4, -0.2) is 52.7 Å². The highest BCUT2D eigenvalue weighted by atomic mass is 35.5. The van der Waals surface area contributed by atoms with E-state index in [1.165, 1.54) is 17.4 Å². The SMILES string of the molecule is Cc1nnc(N2CC3(C2)C(=O)N(CC2CCC(NC(=O)c4cc(Cl)cnc4C(F)F)CC2)c2ccccc23)s1. The van der Waals surface area contributed by atoms with Gasteiger partial charge in [-0.15, -0.1) is 10.2 Å². The van der Waals surface area contributed by atoms with E-state index in [0.29, 0.717) is 32.5 Å². The van der Waals surface area contributed by atoms with E-state index < -0.39 is 23.4 Å². The smallest absolute Gasteiger partial charge is 0.281 e. The summed E-state index contributed by atoms with van der Waals surface area (Å²) < 4.78 is 26.7. The number of anilines is 2. The van der Waals surface area contributed by atoms with Crippen LogP contribution in [-0.2, 0) is 10.2 Å². The molecule has 1 saturated heterocycles. The molecule has 39 heavy (non-hydrogen) atoms. The van der Waals surface area contributed by atoms with Crippen molar-refractivity contribution in [2.24, 2.45) is 5.92 Å². The van der Waals surface area contributed by atoms with Crippen LogP contribution in [0.2, 0.25) is 5.02 Å². The zero-order valence-electron chi connectivity index (χ0n) is 21.2. The normalized spacial score (nSPS) is 21.8. The topological polar surface area (TPSA) is 91.3 Å². The molecule has 3 aliphatic rings. The summed E-state index contributed by atoms with van der Waals surface area (Å²) in [5, 5.41) is 13.1. The fraction of sp³-hybridized carbons (Fsp3) is 0.444. The second kappa shape index (κ2) is 10.1. The number of benzene rings is 1. The number of nitrogens with zero attached hydrogens (tertiary/aromatic N) is 5. The number of alkyl halides is 2. The van der Waals surface area contributed by atoms with Gasteiger partial charge < -0.3 is 15.1 Å². The summed E-state index contributed by atoms with van der Waals surface area (Å²) in [5.41, 5.74) is 0.718. The van der Waals surface area contributed by atoms with E-state index in [1.54, 1.807) is 0 Å². The van der Waals surface area contributed by atoms with Crippen molar-refractivity contribution in [1.29, 1.82) is 0 Å². The van der Waals surface area contributed by atoms with Crippen LogP contribution in [0.4, 0.5) is 19.6 Å². The average Bonchev–Trinajstić information content (AvgIpc) is 3.43. The summed E-state index contributed by atoms with van der Waals surface area (Å²) in [5.74, 6) is -0.184. The van der Waals surface area contributed by atoms with Crippen LogP contribution in [0.5, 0.6) is 0 Å². The van der Waals surface area contributed by atoms with Crippen LogP contribution < -0.4 is 15.1 Å². The monoisotopic (exact) mass is 572 g/mol. The Morgan fingerprint density at radius 3 is 2.64 bits per heavy atom. The van der Waals surface area contributed by atoms with Gasteiger partial charge in [-0.05, 0) is 56.2 Å². The fourth-order valence-electron chi connectivity index (χ4n) is 6.05. The van der Waals surface area contributed by atoms with Gasteiger partial charge in [-0.2, -0.15) is 0 Å².